The largest absolute Gasteiger partial charge is 0.341 e. The van der Waals surface area contributed by atoms with Crippen LogP contribution in [-0.4, -0.2) is 35.7 Å². The van der Waals surface area contributed by atoms with Crippen molar-refractivity contribution in [2.75, 3.05) is 13.1 Å². The molecule has 1 saturated heterocycles. The van der Waals surface area contributed by atoms with Gasteiger partial charge in [-0.25, -0.2) is 8.78 Å². The zero-order valence-corrected chi connectivity index (χ0v) is 11.6. The van der Waals surface area contributed by atoms with Crippen molar-refractivity contribution >= 4 is 11.7 Å². The first-order valence-corrected chi connectivity index (χ1v) is 6.99. The Morgan fingerprint density at radius 1 is 1.24 bits per heavy atom. The molecule has 2 rings (SSSR count). The number of hydrogen-bond acceptors (Lipinski definition) is 3. The van der Waals surface area contributed by atoms with Gasteiger partial charge in [-0.1, -0.05) is 0 Å². The van der Waals surface area contributed by atoms with Crippen LogP contribution in [0.15, 0.2) is 18.2 Å². The highest BCUT2D eigenvalue weighted by molar-refractivity contribution is 5.97. The first kappa shape index (κ1) is 15.6. The first-order chi connectivity index (χ1) is 9.97. The Hall–Kier alpha value is -1.82. The van der Waals surface area contributed by atoms with E-state index in [1.807, 2.05) is 0 Å². The summed E-state index contributed by atoms with van der Waals surface area (Å²) >= 11 is 0. The Bertz CT molecular complexity index is 548. The minimum absolute atomic E-state index is 0.00963. The second-order valence-corrected chi connectivity index (χ2v) is 5.29. The molecule has 1 heterocycles. The average molecular weight is 296 g/mol. The summed E-state index contributed by atoms with van der Waals surface area (Å²) in [6, 6.07) is 2.99. The number of carbonyl (C=O) groups excluding carboxylic acids is 2. The summed E-state index contributed by atoms with van der Waals surface area (Å²) in [4.78, 5) is 25.5. The molecule has 1 unspecified atom stereocenters. The number of amides is 1. The van der Waals surface area contributed by atoms with E-state index in [-0.39, 0.29) is 36.1 Å². The molecule has 0 aromatic heterocycles. The van der Waals surface area contributed by atoms with E-state index < -0.39 is 11.6 Å². The number of ketones is 1. The van der Waals surface area contributed by atoms with Crippen molar-refractivity contribution in [1.29, 1.82) is 0 Å². The van der Waals surface area contributed by atoms with Gasteiger partial charge in [-0.15, -0.1) is 0 Å². The summed E-state index contributed by atoms with van der Waals surface area (Å²) in [7, 11) is 0. The van der Waals surface area contributed by atoms with E-state index in [2.05, 4.69) is 0 Å². The van der Waals surface area contributed by atoms with Crippen LogP contribution in [0.5, 0.6) is 0 Å². The minimum Gasteiger partial charge on any atom is -0.341 e. The lowest BCUT2D eigenvalue weighted by molar-refractivity contribution is -0.132. The summed E-state index contributed by atoms with van der Waals surface area (Å²) in [5, 5.41) is 0. The third-order valence-corrected chi connectivity index (χ3v) is 3.62. The predicted octanol–water partition coefficient (Wildman–Crippen LogP) is 1.88. The minimum atomic E-state index is -1.06. The van der Waals surface area contributed by atoms with Gasteiger partial charge in [0.15, 0.2) is 17.4 Å². The van der Waals surface area contributed by atoms with Crippen molar-refractivity contribution in [2.24, 2.45) is 5.73 Å². The van der Waals surface area contributed by atoms with E-state index in [1.54, 1.807) is 4.90 Å². The highest BCUT2D eigenvalue weighted by Crippen LogP contribution is 2.14. The number of Topliss-reactive ketones (excluding diaryl/α,β-unsaturated/α-hetero) is 1. The maximum absolute atomic E-state index is 13.1. The molecule has 1 aromatic rings. The van der Waals surface area contributed by atoms with Crippen LogP contribution in [0.4, 0.5) is 8.78 Å². The highest BCUT2D eigenvalue weighted by atomic mass is 19.2. The number of nitrogens with two attached hydrogens (primary N) is 1. The Labute approximate surface area is 121 Å². The van der Waals surface area contributed by atoms with Gasteiger partial charge in [0.25, 0.3) is 0 Å². The standard InChI is InChI=1S/C15H18F2N2O2/c16-12-4-3-10(8-13(12)17)14(20)5-6-15(21)19-7-1-2-11(18)9-19/h3-4,8,11H,1-2,5-7,9,18H2. The number of hydrogen-bond donors (Lipinski definition) is 1. The van der Waals surface area contributed by atoms with Gasteiger partial charge in [0.1, 0.15) is 0 Å². The molecular weight excluding hydrogens is 278 g/mol. The van der Waals surface area contributed by atoms with Crippen LogP contribution in [0.25, 0.3) is 0 Å². The van der Waals surface area contributed by atoms with Crippen LogP contribution in [0.3, 0.4) is 0 Å². The topological polar surface area (TPSA) is 63.4 Å². The summed E-state index contributed by atoms with van der Waals surface area (Å²) < 4.78 is 25.9. The van der Waals surface area contributed by atoms with Gasteiger partial charge in [-0.2, -0.15) is 0 Å². The number of piperidine rings is 1. The third-order valence-electron chi connectivity index (χ3n) is 3.62. The van der Waals surface area contributed by atoms with E-state index in [0.717, 1.165) is 25.0 Å². The fraction of sp³-hybridized carbons (Fsp3) is 0.467. The van der Waals surface area contributed by atoms with Crippen molar-refractivity contribution in [1.82, 2.24) is 4.90 Å². The molecule has 0 radical (unpaired) electrons. The van der Waals surface area contributed by atoms with E-state index in [0.29, 0.717) is 13.1 Å². The molecule has 0 saturated carbocycles. The molecule has 1 aliphatic rings. The van der Waals surface area contributed by atoms with Crippen molar-refractivity contribution in [3.63, 3.8) is 0 Å². The molecule has 0 spiro atoms. The Morgan fingerprint density at radius 3 is 2.67 bits per heavy atom. The molecule has 4 nitrogen and oxygen atoms in total. The smallest absolute Gasteiger partial charge is 0.223 e. The van der Waals surface area contributed by atoms with E-state index >= 15 is 0 Å². The molecule has 114 valence electrons. The normalized spacial score (nSPS) is 18.6. The number of benzene rings is 1. The van der Waals surface area contributed by atoms with Gasteiger partial charge in [0.05, 0.1) is 0 Å². The van der Waals surface area contributed by atoms with E-state index in [1.165, 1.54) is 6.07 Å². The van der Waals surface area contributed by atoms with E-state index in [4.69, 9.17) is 5.73 Å². The molecule has 1 fully saturated rings. The maximum atomic E-state index is 13.1. The van der Waals surface area contributed by atoms with Gasteiger partial charge in [0, 0.05) is 37.5 Å². The number of likely N-dealkylation sites (tertiary alicyclic amines) is 1. The fourth-order valence-electron chi connectivity index (χ4n) is 2.43. The SMILES string of the molecule is NC1CCCN(C(=O)CCC(=O)c2ccc(F)c(F)c2)C1. The lowest BCUT2D eigenvalue weighted by Crippen LogP contribution is -2.45. The van der Waals surface area contributed by atoms with Crippen LogP contribution >= 0.6 is 0 Å². The van der Waals surface area contributed by atoms with Crippen LogP contribution in [0.1, 0.15) is 36.0 Å². The molecule has 2 N–H and O–H groups in total. The van der Waals surface area contributed by atoms with Gasteiger partial charge < -0.3 is 10.6 Å². The Kier molecular flexibility index (Phi) is 5.01. The molecule has 1 amide bonds. The van der Waals surface area contributed by atoms with Crippen molar-refractivity contribution in [3.05, 3.63) is 35.4 Å². The molecule has 21 heavy (non-hydrogen) atoms. The molecule has 1 atom stereocenters. The number of halogens is 2. The molecule has 1 aliphatic heterocycles. The number of carbonyl (C=O) groups is 2. The van der Waals surface area contributed by atoms with Crippen molar-refractivity contribution in [2.45, 2.75) is 31.7 Å². The van der Waals surface area contributed by atoms with Gasteiger partial charge in [-0.05, 0) is 31.0 Å². The molecule has 0 aliphatic carbocycles. The fourth-order valence-corrected chi connectivity index (χ4v) is 2.43. The third kappa shape index (κ3) is 4.07. The summed E-state index contributed by atoms with van der Waals surface area (Å²) in [5.41, 5.74) is 5.88. The Morgan fingerprint density at radius 2 is 2.00 bits per heavy atom. The summed E-state index contributed by atoms with van der Waals surface area (Å²) in [6.07, 6.45) is 1.81. The van der Waals surface area contributed by atoms with Crippen LogP contribution < -0.4 is 5.73 Å². The molecular formula is C15H18F2N2O2. The summed E-state index contributed by atoms with van der Waals surface area (Å²) in [6.45, 7) is 1.17. The quantitative estimate of drug-likeness (QED) is 0.863. The molecule has 6 heteroatoms. The van der Waals surface area contributed by atoms with Gasteiger partial charge in [0.2, 0.25) is 5.91 Å². The zero-order chi connectivity index (χ0) is 15.4. The number of rotatable bonds is 4. The van der Waals surface area contributed by atoms with Gasteiger partial charge >= 0.3 is 0 Å². The van der Waals surface area contributed by atoms with Crippen LogP contribution in [0, 0.1) is 11.6 Å². The van der Waals surface area contributed by atoms with E-state index in [9.17, 15) is 18.4 Å². The summed E-state index contributed by atoms with van der Waals surface area (Å²) in [5.74, 6) is -2.55. The molecule has 1 aromatic carbocycles. The average Bonchev–Trinajstić information content (AvgIpc) is 2.47. The lowest BCUT2D eigenvalue weighted by atomic mass is 10.0. The maximum Gasteiger partial charge on any atom is 0.223 e. The first-order valence-electron chi connectivity index (χ1n) is 6.99. The second kappa shape index (κ2) is 6.76. The van der Waals surface area contributed by atoms with Gasteiger partial charge in [-0.3, -0.25) is 9.59 Å². The Balaban J connectivity index is 1.88. The zero-order valence-electron chi connectivity index (χ0n) is 11.6. The van der Waals surface area contributed by atoms with Crippen LogP contribution in [0.2, 0.25) is 0 Å². The van der Waals surface area contributed by atoms with Crippen LogP contribution in [-0.2, 0) is 4.79 Å². The predicted molar refractivity (Wildman–Crippen MR) is 73.7 cm³/mol. The van der Waals surface area contributed by atoms with Crippen molar-refractivity contribution < 1.29 is 18.4 Å². The second-order valence-electron chi connectivity index (χ2n) is 5.29. The molecule has 0 bridgehead atoms. The highest BCUT2D eigenvalue weighted by Gasteiger charge is 2.21. The van der Waals surface area contributed by atoms with Crippen molar-refractivity contribution in [3.8, 4) is 0 Å². The number of nitrogens with zero attached hydrogens (tertiary/aromatic N) is 1. The lowest BCUT2D eigenvalue weighted by Gasteiger charge is -2.30. The monoisotopic (exact) mass is 296 g/mol.